The van der Waals surface area contributed by atoms with E-state index in [1.807, 2.05) is 6.92 Å². The minimum atomic E-state index is -4.29. The van der Waals surface area contributed by atoms with Crippen molar-refractivity contribution in [3.05, 3.63) is 33.8 Å². The molecule has 1 atom stereocenters. The van der Waals surface area contributed by atoms with Crippen LogP contribution in [0.5, 0.6) is 0 Å². The Bertz CT molecular complexity index is 381. The fourth-order valence-electron chi connectivity index (χ4n) is 1.43. The first-order valence-corrected chi connectivity index (χ1v) is 5.80. The molecule has 0 saturated heterocycles. The van der Waals surface area contributed by atoms with E-state index in [-0.39, 0.29) is 0 Å². The van der Waals surface area contributed by atoms with Crippen LogP contribution in [0.1, 0.15) is 17.2 Å². The summed E-state index contributed by atoms with van der Waals surface area (Å²) >= 11 is 3.28. The highest BCUT2D eigenvalue weighted by Gasteiger charge is 2.28. The number of alkyl halides is 3. The number of aliphatic hydroxyl groups excluding tert-OH is 1. The summed E-state index contributed by atoms with van der Waals surface area (Å²) in [4.78, 5) is 0. The predicted molar refractivity (Wildman–Crippen MR) is 62.8 cm³/mol. The Labute approximate surface area is 106 Å². The van der Waals surface area contributed by atoms with Crippen molar-refractivity contribution in [2.45, 2.75) is 19.1 Å². The van der Waals surface area contributed by atoms with Crippen molar-refractivity contribution in [3.8, 4) is 0 Å². The van der Waals surface area contributed by atoms with Gasteiger partial charge in [0.15, 0.2) is 0 Å². The molecule has 0 saturated carbocycles. The zero-order valence-corrected chi connectivity index (χ0v) is 10.8. The Morgan fingerprint density at radius 2 is 2.06 bits per heavy atom. The van der Waals surface area contributed by atoms with Gasteiger partial charge in [-0.3, -0.25) is 5.32 Å². The van der Waals surface area contributed by atoms with Gasteiger partial charge in [0.05, 0.1) is 19.2 Å². The van der Waals surface area contributed by atoms with Gasteiger partial charge >= 0.3 is 6.18 Å². The van der Waals surface area contributed by atoms with Crippen molar-refractivity contribution in [3.63, 3.8) is 0 Å². The molecule has 0 heterocycles. The lowest BCUT2D eigenvalue weighted by atomic mass is 10.1. The van der Waals surface area contributed by atoms with Gasteiger partial charge in [0.25, 0.3) is 0 Å². The van der Waals surface area contributed by atoms with Gasteiger partial charge in [-0.15, -0.1) is 0 Å². The van der Waals surface area contributed by atoms with E-state index in [2.05, 4.69) is 21.2 Å². The molecule has 0 spiro atoms. The van der Waals surface area contributed by atoms with Crippen molar-refractivity contribution >= 4 is 15.9 Å². The van der Waals surface area contributed by atoms with Crippen LogP contribution in [0.4, 0.5) is 13.2 Å². The first kappa shape index (κ1) is 14.5. The summed E-state index contributed by atoms with van der Waals surface area (Å²) in [5, 5.41) is 11.4. The summed E-state index contributed by atoms with van der Waals surface area (Å²) in [6.45, 7) is 0.363. The molecule has 0 fully saturated rings. The minimum absolute atomic E-state index is 0.391. The van der Waals surface area contributed by atoms with Gasteiger partial charge in [0, 0.05) is 4.47 Å². The molecule has 2 nitrogen and oxygen atoms in total. The van der Waals surface area contributed by atoms with Crippen LogP contribution >= 0.6 is 15.9 Å². The van der Waals surface area contributed by atoms with E-state index in [0.717, 1.165) is 5.56 Å². The number of benzene rings is 1. The summed E-state index contributed by atoms with van der Waals surface area (Å²) in [6.07, 6.45) is -4.29. The first-order chi connectivity index (χ1) is 7.83. The molecule has 0 aliphatic rings. The molecule has 1 aromatic carbocycles. The van der Waals surface area contributed by atoms with Crippen molar-refractivity contribution in [1.82, 2.24) is 5.32 Å². The molecule has 96 valence electrons. The quantitative estimate of drug-likeness (QED) is 0.896. The van der Waals surface area contributed by atoms with Gasteiger partial charge in [0.1, 0.15) is 0 Å². The normalized spacial score (nSPS) is 13.8. The molecule has 1 aromatic rings. The maximum atomic E-state index is 12.1. The third-order valence-electron chi connectivity index (χ3n) is 2.26. The average molecular weight is 312 g/mol. The number of rotatable bonds is 4. The van der Waals surface area contributed by atoms with Crippen molar-refractivity contribution < 1.29 is 18.3 Å². The molecule has 0 aliphatic carbocycles. The molecule has 6 heteroatoms. The molecule has 2 N–H and O–H groups in total. The number of aliphatic hydroxyl groups is 1. The molecular formula is C11H13BrF3NO. The SMILES string of the molecule is Cc1ccc(C(CO)NCC(F)(F)F)c(Br)c1. The number of nitrogens with one attached hydrogen (secondary N) is 1. The number of halogens is 4. The van der Waals surface area contributed by atoms with Gasteiger partial charge in [-0.2, -0.15) is 13.2 Å². The fourth-order valence-corrected chi connectivity index (χ4v) is 2.20. The summed E-state index contributed by atoms with van der Waals surface area (Å²) in [5.74, 6) is 0. The zero-order valence-electron chi connectivity index (χ0n) is 9.18. The van der Waals surface area contributed by atoms with Crippen LogP contribution < -0.4 is 5.32 Å². The highest BCUT2D eigenvalue weighted by molar-refractivity contribution is 9.10. The maximum absolute atomic E-state index is 12.1. The molecular weight excluding hydrogens is 299 g/mol. The third kappa shape index (κ3) is 4.65. The molecule has 17 heavy (non-hydrogen) atoms. The third-order valence-corrected chi connectivity index (χ3v) is 2.95. The van der Waals surface area contributed by atoms with Gasteiger partial charge < -0.3 is 5.11 Å². The maximum Gasteiger partial charge on any atom is 0.401 e. The number of hydrogen-bond donors (Lipinski definition) is 2. The van der Waals surface area contributed by atoms with E-state index in [1.54, 1.807) is 18.2 Å². The van der Waals surface area contributed by atoms with Crippen molar-refractivity contribution in [1.29, 1.82) is 0 Å². The Morgan fingerprint density at radius 3 is 2.53 bits per heavy atom. The molecule has 1 unspecified atom stereocenters. The highest BCUT2D eigenvalue weighted by Crippen LogP contribution is 2.25. The second-order valence-corrected chi connectivity index (χ2v) is 4.61. The van der Waals surface area contributed by atoms with Crippen molar-refractivity contribution in [2.24, 2.45) is 0 Å². The summed E-state index contributed by atoms with van der Waals surface area (Å²) in [5.41, 5.74) is 1.61. The topological polar surface area (TPSA) is 32.3 Å². The van der Waals surface area contributed by atoms with Crippen LogP contribution in [-0.4, -0.2) is 24.4 Å². The van der Waals surface area contributed by atoms with Crippen LogP contribution in [0.25, 0.3) is 0 Å². The summed E-state index contributed by atoms with van der Waals surface area (Å²) < 4.78 is 36.9. The summed E-state index contributed by atoms with van der Waals surface area (Å²) in [7, 11) is 0. The molecule has 0 aromatic heterocycles. The van der Waals surface area contributed by atoms with E-state index in [4.69, 9.17) is 5.11 Å². The molecule has 0 bridgehead atoms. The van der Waals surface area contributed by atoms with Gasteiger partial charge in [-0.05, 0) is 24.1 Å². The lowest BCUT2D eigenvalue weighted by Gasteiger charge is -2.19. The monoisotopic (exact) mass is 311 g/mol. The standard InChI is InChI=1S/C11H13BrF3NO/c1-7-2-3-8(9(12)4-7)10(5-17)16-6-11(13,14)15/h2-4,10,16-17H,5-6H2,1H3. The van der Waals surface area contributed by atoms with E-state index in [9.17, 15) is 13.2 Å². The molecule has 1 rings (SSSR count). The van der Waals surface area contributed by atoms with E-state index >= 15 is 0 Å². The fraction of sp³-hybridized carbons (Fsp3) is 0.455. The van der Waals surface area contributed by atoms with Crippen LogP contribution in [0, 0.1) is 6.92 Å². The summed E-state index contributed by atoms with van der Waals surface area (Å²) in [6, 6.07) is 4.56. The average Bonchev–Trinajstić information content (AvgIpc) is 2.19. The van der Waals surface area contributed by atoms with Gasteiger partial charge in [-0.25, -0.2) is 0 Å². The molecule has 0 aliphatic heterocycles. The Morgan fingerprint density at radius 1 is 1.41 bits per heavy atom. The zero-order chi connectivity index (χ0) is 13.1. The van der Waals surface area contributed by atoms with Crippen molar-refractivity contribution in [2.75, 3.05) is 13.2 Å². The first-order valence-electron chi connectivity index (χ1n) is 5.00. The number of aryl methyl sites for hydroxylation is 1. The molecule has 0 amide bonds. The predicted octanol–water partition coefficient (Wildman–Crippen LogP) is 2.94. The lowest BCUT2D eigenvalue weighted by molar-refractivity contribution is -0.126. The smallest absolute Gasteiger partial charge is 0.394 e. The largest absolute Gasteiger partial charge is 0.401 e. The Hall–Kier alpha value is -0.590. The van der Waals surface area contributed by atoms with Gasteiger partial charge in [-0.1, -0.05) is 28.1 Å². The van der Waals surface area contributed by atoms with E-state index in [0.29, 0.717) is 10.0 Å². The molecule has 0 radical (unpaired) electrons. The van der Waals surface area contributed by atoms with Crippen LogP contribution in [0.2, 0.25) is 0 Å². The van der Waals surface area contributed by atoms with Crippen LogP contribution in [-0.2, 0) is 0 Å². The Kier molecular flexibility index (Phi) is 4.97. The number of hydrogen-bond acceptors (Lipinski definition) is 2. The Balaban J connectivity index is 2.79. The van der Waals surface area contributed by atoms with Crippen LogP contribution in [0.3, 0.4) is 0 Å². The van der Waals surface area contributed by atoms with E-state index < -0.39 is 25.4 Å². The second kappa shape index (κ2) is 5.84. The second-order valence-electron chi connectivity index (χ2n) is 3.76. The van der Waals surface area contributed by atoms with Gasteiger partial charge in [0.2, 0.25) is 0 Å². The minimum Gasteiger partial charge on any atom is -0.394 e. The highest BCUT2D eigenvalue weighted by atomic mass is 79.9. The van der Waals surface area contributed by atoms with Crippen LogP contribution in [0.15, 0.2) is 22.7 Å². The van der Waals surface area contributed by atoms with E-state index in [1.165, 1.54) is 0 Å². The lowest BCUT2D eigenvalue weighted by Crippen LogP contribution is -2.33.